The Kier molecular flexibility index (Phi) is 7.74. The molecule has 1 fully saturated rings. The summed E-state index contributed by atoms with van der Waals surface area (Å²) in [4.78, 5) is 28.0. The van der Waals surface area contributed by atoms with Crippen molar-refractivity contribution >= 4 is 17.5 Å². The van der Waals surface area contributed by atoms with Crippen molar-refractivity contribution in [3.8, 4) is 5.75 Å². The lowest BCUT2D eigenvalue weighted by molar-refractivity contribution is 0.0295. The number of anilines is 1. The Morgan fingerprint density at radius 3 is 2.47 bits per heavy atom. The molecule has 8 heteroatoms. The average Bonchev–Trinajstić information content (AvgIpc) is 3.29. The molecule has 0 bridgehead atoms. The molecule has 0 unspecified atom stereocenters. The van der Waals surface area contributed by atoms with Gasteiger partial charge in [0.05, 0.1) is 25.1 Å². The molecule has 2 amide bonds. The standard InChI is InChI=1S/C28H34N4O4/c1-5-32-25(27(34)31-13-15-35-16-14-31)24(18-29-32)30-26(33)21-8-6-7-20(17-21)19-36-23-11-9-22(10-12-23)28(2,3)4/h6-12,17-18H,5,13-16,19H2,1-4H3,(H,30,33). The number of hydrogen-bond acceptors (Lipinski definition) is 5. The molecule has 2 aromatic carbocycles. The van der Waals surface area contributed by atoms with Gasteiger partial charge in [0.1, 0.15) is 18.1 Å². The maximum atomic E-state index is 13.2. The van der Waals surface area contributed by atoms with Crippen molar-refractivity contribution in [2.24, 2.45) is 0 Å². The predicted octanol–water partition coefficient (Wildman–Crippen LogP) is 4.50. The molecule has 0 radical (unpaired) electrons. The molecule has 0 atom stereocenters. The summed E-state index contributed by atoms with van der Waals surface area (Å²) in [5.41, 5.74) is 3.46. The summed E-state index contributed by atoms with van der Waals surface area (Å²) in [6, 6.07) is 15.4. The van der Waals surface area contributed by atoms with Gasteiger partial charge in [-0.25, -0.2) is 0 Å². The Morgan fingerprint density at radius 1 is 1.08 bits per heavy atom. The molecule has 1 N–H and O–H groups in total. The molecule has 0 saturated carbocycles. The van der Waals surface area contributed by atoms with Crippen LogP contribution >= 0.6 is 0 Å². The summed E-state index contributed by atoms with van der Waals surface area (Å²) in [6.45, 7) is 11.3. The molecule has 1 aromatic heterocycles. The Balaban J connectivity index is 1.44. The number of morpholine rings is 1. The van der Waals surface area contributed by atoms with Gasteiger partial charge >= 0.3 is 0 Å². The van der Waals surface area contributed by atoms with Crippen LogP contribution in [0.25, 0.3) is 0 Å². The maximum absolute atomic E-state index is 13.2. The maximum Gasteiger partial charge on any atom is 0.274 e. The molecule has 1 saturated heterocycles. The minimum Gasteiger partial charge on any atom is -0.489 e. The van der Waals surface area contributed by atoms with Crippen LogP contribution in [0.15, 0.2) is 54.7 Å². The predicted molar refractivity (Wildman–Crippen MR) is 138 cm³/mol. The van der Waals surface area contributed by atoms with Crippen molar-refractivity contribution in [2.75, 3.05) is 31.6 Å². The molecule has 8 nitrogen and oxygen atoms in total. The third-order valence-corrected chi connectivity index (χ3v) is 6.20. The van der Waals surface area contributed by atoms with Gasteiger partial charge in [0.2, 0.25) is 0 Å². The van der Waals surface area contributed by atoms with Gasteiger partial charge in [-0.05, 0) is 47.7 Å². The number of nitrogens with zero attached hydrogens (tertiary/aromatic N) is 3. The molecule has 1 aliphatic heterocycles. The van der Waals surface area contributed by atoms with E-state index in [4.69, 9.17) is 9.47 Å². The summed E-state index contributed by atoms with van der Waals surface area (Å²) in [5.74, 6) is 0.307. The highest BCUT2D eigenvalue weighted by atomic mass is 16.5. The fourth-order valence-corrected chi connectivity index (χ4v) is 4.07. The van der Waals surface area contributed by atoms with E-state index in [2.05, 4.69) is 43.3 Å². The van der Waals surface area contributed by atoms with E-state index >= 15 is 0 Å². The minimum absolute atomic E-state index is 0.0839. The third kappa shape index (κ3) is 5.94. The molecule has 1 aliphatic rings. The molecule has 3 aromatic rings. The summed E-state index contributed by atoms with van der Waals surface area (Å²) in [7, 11) is 0. The van der Waals surface area contributed by atoms with Crippen molar-refractivity contribution in [1.82, 2.24) is 14.7 Å². The highest BCUT2D eigenvalue weighted by Crippen LogP contribution is 2.25. The van der Waals surface area contributed by atoms with Crippen LogP contribution in [0.1, 0.15) is 59.7 Å². The first-order valence-electron chi connectivity index (χ1n) is 12.3. The zero-order valence-electron chi connectivity index (χ0n) is 21.4. The Morgan fingerprint density at radius 2 is 1.81 bits per heavy atom. The van der Waals surface area contributed by atoms with E-state index < -0.39 is 0 Å². The first-order valence-corrected chi connectivity index (χ1v) is 12.3. The number of hydrogen-bond donors (Lipinski definition) is 1. The fraction of sp³-hybridized carbons (Fsp3) is 0.393. The highest BCUT2D eigenvalue weighted by Gasteiger charge is 2.26. The van der Waals surface area contributed by atoms with E-state index in [1.807, 2.05) is 31.2 Å². The normalized spacial score (nSPS) is 13.9. The van der Waals surface area contributed by atoms with Crippen LogP contribution in [-0.2, 0) is 23.3 Å². The van der Waals surface area contributed by atoms with E-state index in [0.717, 1.165) is 11.3 Å². The zero-order valence-corrected chi connectivity index (χ0v) is 21.4. The number of carbonyl (C=O) groups excluding carboxylic acids is 2. The molecular formula is C28H34N4O4. The van der Waals surface area contributed by atoms with Crippen molar-refractivity contribution < 1.29 is 19.1 Å². The number of amides is 2. The first-order chi connectivity index (χ1) is 17.3. The van der Waals surface area contributed by atoms with Crippen LogP contribution in [0.5, 0.6) is 5.75 Å². The molecule has 0 spiro atoms. The van der Waals surface area contributed by atoms with Crippen LogP contribution in [0, 0.1) is 0 Å². The fourth-order valence-electron chi connectivity index (χ4n) is 4.07. The van der Waals surface area contributed by atoms with E-state index in [1.165, 1.54) is 11.8 Å². The lowest BCUT2D eigenvalue weighted by atomic mass is 9.87. The SMILES string of the molecule is CCn1ncc(NC(=O)c2cccc(COc3ccc(C(C)(C)C)cc3)c2)c1C(=O)N1CCOCC1. The van der Waals surface area contributed by atoms with Crippen molar-refractivity contribution in [3.05, 3.63) is 77.1 Å². The lowest BCUT2D eigenvalue weighted by Crippen LogP contribution is -2.41. The molecule has 190 valence electrons. The molecule has 2 heterocycles. The topological polar surface area (TPSA) is 85.7 Å². The summed E-state index contributed by atoms with van der Waals surface area (Å²) < 4.78 is 12.9. The smallest absolute Gasteiger partial charge is 0.274 e. The second-order valence-corrected chi connectivity index (χ2v) is 9.84. The van der Waals surface area contributed by atoms with Gasteiger partial charge in [-0.15, -0.1) is 0 Å². The Hall–Kier alpha value is -3.65. The quantitative estimate of drug-likeness (QED) is 0.527. The first kappa shape index (κ1) is 25.4. The average molecular weight is 491 g/mol. The number of benzene rings is 2. The van der Waals surface area contributed by atoms with Gasteiger partial charge in [-0.3, -0.25) is 14.3 Å². The highest BCUT2D eigenvalue weighted by molar-refractivity contribution is 6.08. The van der Waals surface area contributed by atoms with Crippen LogP contribution < -0.4 is 10.1 Å². The van der Waals surface area contributed by atoms with Gasteiger partial charge in [0.15, 0.2) is 0 Å². The Labute approximate surface area is 212 Å². The van der Waals surface area contributed by atoms with Crippen molar-refractivity contribution in [2.45, 2.75) is 46.3 Å². The lowest BCUT2D eigenvalue weighted by Gasteiger charge is -2.27. The number of aryl methyl sites for hydroxylation is 1. The van der Waals surface area contributed by atoms with Crippen molar-refractivity contribution in [3.63, 3.8) is 0 Å². The van der Waals surface area contributed by atoms with Crippen LogP contribution in [0.3, 0.4) is 0 Å². The Bertz CT molecular complexity index is 1210. The third-order valence-electron chi connectivity index (χ3n) is 6.20. The van der Waals surface area contributed by atoms with E-state index in [9.17, 15) is 9.59 Å². The molecule has 4 rings (SSSR count). The monoisotopic (exact) mass is 490 g/mol. The second kappa shape index (κ2) is 11.0. The zero-order chi connectivity index (χ0) is 25.7. The van der Waals surface area contributed by atoms with Gasteiger partial charge in [0, 0.05) is 25.2 Å². The van der Waals surface area contributed by atoms with E-state index in [1.54, 1.807) is 21.7 Å². The van der Waals surface area contributed by atoms with E-state index in [-0.39, 0.29) is 17.2 Å². The second-order valence-electron chi connectivity index (χ2n) is 9.84. The molecule has 0 aliphatic carbocycles. The summed E-state index contributed by atoms with van der Waals surface area (Å²) >= 11 is 0. The number of carbonyl (C=O) groups is 2. The molecule has 36 heavy (non-hydrogen) atoms. The summed E-state index contributed by atoms with van der Waals surface area (Å²) in [5, 5.41) is 7.18. The van der Waals surface area contributed by atoms with Crippen LogP contribution in [0.4, 0.5) is 5.69 Å². The van der Waals surface area contributed by atoms with Gasteiger partial charge in [-0.1, -0.05) is 45.0 Å². The number of rotatable bonds is 7. The number of ether oxygens (including phenoxy) is 2. The molecular weight excluding hydrogens is 456 g/mol. The van der Waals surface area contributed by atoms with Gasteiger partial charge in [-0.2, -0.15) is 5.10 Å². The number of aromatic nitrogens is 2. The van der Waals surface area contributed by atoms with Gasteiger partial charge in [0.25, 0.3) is 11.8 Å². The number of nitrogens with one attached hydrogen (secondary N) is 1. The van der Waals surface area contributed by atoms with Crippen molar-refractivity contribution in [1.29, 1.82) is 0 Å². The summed E-state index contributed by atoms with van der Waals surface area (Å²) in [6.07, 6.45) is 1.53. The minimum atomic E-state index is -0.307. The van der Waals surface area contributed by atoms with Crippen LogP contribution in [0.2, 0.25) is 0 Å². The van der Waals surface area contributed by atoms with Gasteiger partial charge < -0.3 is 19.7 Å². The van der Waals surface area contributed by atoms with Crippen LogP contribution in [-0.4, -0.2) is 52.8 Å². The largest absolute Gasteiger partial charge is 0.489 e. The van der Waals surface area contributed by atoms with E-state index in [0.29, 0.717) is 56.4 Å².